The number of carbonyl (C=O) groups excluding carboxylic acids is 3. The third kappa shape index (κ3) is 3.09. The van der Waals surface area contributed by atoms with Gasteiger partial charge < -0.3 is 4.74 Å². The first-order valence-electron chi connectivity index (χ1n) is 6.01. The highest BCUT2D eigenvalue weighted by Crippen LogP contribution is 2.32. The Balaban J connectivity index is 3.01. The lowest BCUT2D eigenvalue weighted by Gasteiger charge is -2.33. The molecule has 1 saturated heterocycles. The van der Waals surface area contributed by atoms with Crippen LogP contribution >= 0.6 is 0 Å². The summed E-state index contributed by atoms with van der Waals surface area (Å²) in [5, 5.41) is 0. The van der Waals surface area contributed by atoms with Crippen molar-refractivity contribution in [2.24, 2.45) is 5.41 Å². The zero-order valence-corrected chi connectivity index (χ0v) is 11.9. The topological polar surface area (TPSA) is 63.7 Å². The number of nitrogens with zero attached hydrogens (tertiary/aromatic N) is 1. The SMILES string of the molecule is CC(C)(C)OC(=O)N1C(=O)CC(=O)[C@@H]1C(C)(C)C. The quantitative estimate of drug-likeness (QED) is 0.622. The van der Waals surface area contributed by atoms with E-state index in [1.807, 2.05) is 20.8 Å². The lowest BCUT2D eigenvalue weighted by molar-refractivity contribution is -0.129. The van der Waals surface area contributed by atoms with Gasteiger partial charge in [0.2, 0.25) is 5.91 Å². The molecule has 1 atom stereocenters. The van der Waals surface area contributed by atoms with Crippen LogP contribution in [0.2, 0.25) is 0 Å². The maximum absolute atomic E-state index is 12.0. The summed E-state index contributed by atoms with van der Waals surface area (Å²) in [6.07, 6.45) is -0.959. The van der Waals surface area contributed by atoms with E-state index < -0.39 is 29.1 Å². The molecule has 1 fully saturated rings. The monoisotopic (exact) mass is 255 g/mol. The van der Waals surface area contributed by atoms with Gasteiger partial charge in [0.15, 0.2) is 5.78 Å². The van der Waals surface area contributed by atoms with E-state index in [1.165, 1.54) is 0 Å². The minimum atomic E-state index is -0.738. The second-order valence-electron chi connectivity index (χ2n) is 6.66. The van der Waals surface area contributed by atoms with Crippen molar-refractivity contribution < 1.29 is 19.1 Å². The van der Waals surface area contributed by atoms with E-state index in [1.54, 1.807) is 20.8 Å². The Labute approximate surface area is 107 Å². The molecule has 0 spiro atoms. The fourth-order valence-electron chi connectivity index (χ4n) is 2.01. The molecule has 0 aromatic heterocycles. The number of ether oxygens (including phenoxy) is 1. The molecule has 1 aliphatic heterocycles. The van der Waals surface area contributed by atoms with E-state index in [-0.39, 0.29) is 12.2 Å². The molecule has 102 valence electrons. The summed E-state index contributed by atoms with van der Waals surface area (Å²) in [4.78, 5) is 36.6. The van der Waals surface area contributed by atoms with Gasteiger partial charge >= 0.3 is 6.09 Å². The van der Waals surface area contributed by atoms with Gasteiger partial charge in [0, 0.05) is 0 Å². The van der Waals surface area contributed by atoms with Crippen LogP contribution < -0.4 is 0 Å². The van der Waals surface area contributed by atoms with Crippen LogP contribution in [0.15, 0.2) is 0 Å². The summed E-state index contributed by atoms with van der Waals surface area (Å²) in [7, 11) is 0. The van der Waals surface area contributed by atoms with E-state index in [0.29, 0.717) is 0 Å². The van der Waals surface area contributed by atoms with Crippen LogP contribution in [0.1, 0.15) is 48.0 Å². The number of ketones is 1. The van der Waals surface area contributed by atoms with Gasteiger partial charge in [0.1, 0.15) is 11.6 Å². The van der Waals surface area contributed by atoms with Crippen molar-refractivity contribution in [3.8, 4) is 0 Å². The fraction of sp³-hybridized carbons (Fsp3) is 0.769. The van der Waals surface area contributed by atoms with Gasteiger partial charge in [-0.2, -0.15) is 0 Å². The molecule has 1 heterocycles. The molecule has 0 bridgehead atoms. The zero-order chi connectivity index (χ0) is 14.3. The highest BCUT2D eigenvalue weighted by atomic mass is 16.6. The van der Waals surface area contributed by atoms with Crippen LogP contribution in [0.4, 0.5) is 4.79 Å². The van der Waals surface area contributed by atoms with Crippen molar-refractivity contribution >= 4 is 17.8 Å². The summed E-state index contributed by atoms with van der Waals surface area (Å²) in [6.45, 7) is 10.6. The van der Waals surface area contributed by atoms with Gasteiger partial charge in [-0.25, -0.2) is 9.69 Å². The predicted octanol–water partition coefficient (Wildman–Crippen LogP) is 2.14. The molecule has 0 aliphatic carbocycles. The summed E-state index contributed by atoms with van der Waals surface area (Å²) in [6, 6.07) is -0.736. The number of rotatable bonds is 0. The summed E-state index contributed by atoms with van der Waals surface area (Å²) in [5.74, 6) is -0.701. The normalized spacial score (nSPS) is 21.4. The van der Waals surface area contributed by atoms with Gasteiger partial charge in [-0.1, -0.05) is 20.8 Å². The highest BCUT2D eigenvalue weighted by molar-refractivity contribution is 6.13. The molecule has 18 heavy (non-hydrogen) atoms. The van der Waals surface area contributed by atoms with Crippen molar-refractivity contribution in [2.75, 3.05) is 0 Å². The summed E-state index contributed by atoms with van der Waals surface area (Å²) >= 11 is 0. The van der Waals surface area contributed by atoms with Crippen molar-refractivity contribution in [3.05, 3.63) is 0 Å². The van der Waals surface area contributed by atoms with E-state index >= 15 is 0 Å². The van der Waals surface area contributed by atoms with Gasteiger partial charge in [-0.05, 0) is 26.2 Å². The first-order valence-corrected chi connectivity index (χ1v) is 6.01. The summed E-state index contributed by atoms with van der Waals surface area (Å²) < 4.78 is 5.18. The van der Waals surface area contributed by atoms with Crippen LogP contribution in [0.3, 0.4) is 0 Å². The van der Waals surface area contributed by atoms with E-state index in [0.717, 1.165) is 4.90 Å². The lowest BCUT2D eigenvalue weighted by atomic mass is 9.85. The van der Waals surface area contributed by atoms with Crippen molar-refractivity contribution in [2.45, 2.75) is 59.6 Å². The third-order valence-electron chi connectivity index (χ3n) is 2.57. The molecule has 1 rings (SSSR count). The zero-order valence-electron chi connectivity index (χ0n) is 11.9. The Morgan fingerprint density at radius 2 is 1.67 bits per heavy atom. The number of amides is 2. The molecule has 1 aliphatic rings. The molecular formula is C13H21NO4. The largest absolute Gasteiger partial charge is 0.443 e. The molecule has 0 N–H and O–H groups in total. The maximum atomic E-state index is 12.0. The first kappa shape index (κ1) is 14.7. The average molecular weight is 255 g/mol. The maximum Gasteiger partial charge on any atom is 0.417 e. The average Bonchev–Trinajstić information content (AvgIpc) is 2.36. The Morgan fingerprint density at radius 3 is 2.06 bits per heavy atom. The molecule has 0 aromatic carbocycles. The Hall–Kier alpha value is -1.39. The van der Waals surface area contributed by atoms with Crippen molar-refractivity contribution in [1.29, 1.82) is 0 Å². The molecule has 5 heteroatoms. The number of likely N-dealkylation sites (tertiary alicyclic amines) is 1. The number of carbonyl (C=O) groups is 3. The minimum absolute atomic E-state index is 0.221. The number of hydrogen-bond acceptors (Lipinski definition) is 4. The van der Waals surface area contributed by atoms with Crippen molar-refractivity contribution in [1.82, 2.24) is 4.90 Å². The van der Waals surface area contributed by atoms with Crippen molar-refractivity contribution in [3.63, 3.8) is 0 Å². The molecule has 0 aromatic rings. The Kier molecular flexibility index (Phi) is 3.56. The molecule has 5 nitrogen and oxygen atoms in total. The van der Waals surface area contributed by atoms with Gasteiger partial charge in [0.25, 0.3) is 0 Å². The molecule has 2 amide bonds. The second kappa shape index (κ2) is 4.37. The van der Waals surface area contributed by atoms with Crippen LogP contribution in [-0.2, 0) is 14.3 Å². The molecule has 0 radical (unpaired) electrons. The van der Waals surface area contributed by atoms with Gasteiger partial charge in [0.05, 0.1) is 6.42 Å². The molecule has 0 unspecified atom stereocenters. The lowest BCUT2D eigenvalue weighted by Crippen LogP contribution is -2.49. The minimum Gasteiger partial charge on any atom is -0.443 e. The highest BCUT2D eigenvalue weighted by Gasteiger charge is 2.49. The predicted molar refractivity (Wildman–Crippen MR) is 65.9 cm³/mol. The Morgan fingerprint density at radius 1 is 1.17 bits per heavy atom. The fourth-order valence-corrected chi connectivity index (χ4v) is 2.01. The van der Waals surface area contributed by atoms with Crippen LogP contribution in [0, 0.1) is 5.41 Å². The van der Waals surface area contributed by atoms with E-state index in [2.05, 4.69) is 0 Å². The number of hydrogen-bond donors (Lipinski definition) is 0. The van der Waals surface area contributed by atoms with E-state index in [9.17, 15) is 14.4 Å². The molecule has 0 saturated carbocycles. The smallest absolute Gasteiger partial charge is 0.417 e. The van der Waals surface area contributed by atoms with E-state index in [4.69, 9.17) is 4.74 Å². The Bertz CT molecular complexity index is 387. The number of imide groups is 1. The van der Waals surface area contributed by atoms with Gasteiger partial charge in [-0.3, -0.25) is 9.59 Å². The van der Waals surface area contributed by atoms with Gasteiger partial charge in [-0.15, -0.1) is 0 Å². The third-order valence-corrected chi connectivity index (χ3v) is 2.57. The second-order valence-corrected chi connectivity index (χ2v) is 6.66. The molecular weight excluding hydrogens is 234 g/mol. The van der Waals surface area contributed by atoms with Crippen LogP contribution in [0.5, 0.6) is 0 Å². The first-order chi connectivity index (χ1) is 7.93. The summed E-state index contributed by atoms with van der Waals surface area (Å²) in [5.41, 5.74) is -1.18. The number of Topliss-reactive ketones (excluding diaryl/α,β-unsaturated/α-hetero) is 1. The van der Waals surface area contributed by atoms with Crippen LogP contribution in [0.25, 0.3) is 0 Å². The van der Waals surface area contributed by atoms with Crippen LogP contribution in [-0.4, -0.2) is 34.3 Å². The standard InChI is InChI=1S/C13H21NO4/c1-12(2,3)10-8(15)7-9(16)14(10)11(17)18-13(4,5)6/h10H,7H2,1-6H3/t10-/m1/s1.